The average Bonchev–Trinajstić information content (AvgIpc) is 2.77. The molecule has 0 unspecified atom stereocenters. The van der Waals surface area contributed by atoms with Crippen LogP contribution >= 0.6 is 27.3 Å². The van der Waals surface area contributed by atoms with E-state index in [1.165, 1.54) is 29.5 Å². The second kappa shape index (κ2) is 5.65. The highest BCUT2D eigenvalue weighted by molar-refractivity contribution is 9.10. The maximum absolute atomic E-state index is 12.0. The van der Waals surface area contributed by atoms with Crippen molar-refractivity contribution in [1.82, 2.24) is 0 Å². The number of nitrogens with one attached hydrogen (secondary N) is 1. The van der Waals surface area contributed by atoms with E-state index in [1.807, 2.05) is 13.0 Å². The van der Waals surface area contributed by atoms with Crippen molar-refractivity contribution in [2.45, 2.75) is 11.8 Å². The summed E-state index contributed by atoms with van der Waals surface area (Å²) in [5, 5.41) is 7.74. The molecule has 2 aromatic rings. The molecule has 0 spiro atoms. The van der Waals surface area contributed by atoms with Gasteiger partial charge < -0.3 is 5.32 Å². The van der Waals surface area contributed by atoms with Gasteiger partial charge in [-0.3, -0.25) is 4.79 Å². The van der Waals surface area contributed by atoms with Gasteiger partial charge in [0.05, 0.1) is 15.5 Å². The molecule has 0 saturated carbocycles. The van der Waals surface area contributed by atoms with Crippen molar-refractivity contribution in [3.63, 3.8) is 0 Å². The van der Waals surface area contributed by atoms with Crippen LogP contribution in [0.3, 0.4) is 0 Å². The number of rotatable bonds is 3. The Balaban J connectivity index is 2.25. The molecular formula is C12H11BrN2O3S2. The summed E-state index contributed by atoms with van der Waals surface area (Å²) >= 11 is 4.60. The fourth-order valence-electron chi connectivity index (χ4n) is 1.51. The van der Waals surface area contributed by atoms with Crippen molar-refractivity contribution >= 4 is 48.9 Å². The maximum atomic E-state index is 12.0. The highest BCUT2D eigenvalue weighted by Gasteiger charge is 2.13. The Morgan fingerprint density at radius 2 is 2.00 bits per heavy atom. The molecule has 5 nitrogen and oxygen atoms in total. The predicted molar refractivity (Wildman–Crippen MR) is 82.5 cm³/mol. The van der Waals surface area contributed by atoms with Crippen molar-refractivity contribution in [1.29, 1.82) is 0 Å². The Hall–Kier alpha value is -1.22. The molecule has 1 heterocycles. The van der Waals surface area contributed by atoms with Crippen molar-refractivity contribution < 1.29 is 13.2 Å². The van der Waals surface area contributed by atoms with Crippen LogP contribution in [0.4, 0.5) is 5.69 Å². The van der Waals surface area contributed by atoms with Gasteiger partial charge in [0, 0.05) is 9.35 Å². The molecule has 0 aliphatic carbocycles. The number of aryl methyl sites for hydroxylation is 1. The second-order valence-corrected chi connectivity index (χ2v) is 7.75. The highest BCUT2D eigenvalue weighted by Crippen LogP contribution is 2.26. The van der Waals surface area contributed by atoms with Crippen LogP contribution in [0.25, 0.3) is 0 Å². The van der Waals surface area contributed by atoms with Crippen LogP contribution in [0.1, 0.15) is 14.5 Å². The Labute approximate surface area is 129 Å². The molecule has 0 fully saturated rings. The van der Waals surface area contributed by atoms with Gasteiger partial charge in [-0.2, -0.15) is 0 Å². The second-order valence-electron chi connectivity index (χ2n) is 4.05. The average molecular weight is 375 g/mol. The van der Waals surface area contributed by atoms with E-state index in [9.17, 15) is 13.2 Å². The lowest BCUT2D eigenvalue weighted by Gasteiger charge is -2.07. The summed E-state index contributed by atoms with van der Waals surface area (Å²) in [6.07, 6.45) is 0. The Morgan fingerprint density at radius 3 is 2.50 bits per heavy atom. The van der Waals surface area contributed by atoms with Crippen LogP contribution in [0.5, 0.6) is 0 Å². The van der Waals surface area contributed by atoms with Crippen molar-refractivity contribution in [3.05, 3.63) is 44.6 Å². The summed E-state index contributed by atoms with van der Waals surface area (Å²) < 4.78 is 22.9. The maximum Gasteiger partial charge on any atom is 0.265 e. The van der Waals surface area contributed by atoms with Gasteiger partial charge in [0.15, 0.2) is 0 Å². The fourth-order valence-corrected chi connectivity index (χ4v) is 3.45. The third-order valence-electron chi connectivity index (χ3n) is 2.48. The minimum absolute atomic E-state index is 0.0191. The topological polar surface area (TPSA) is 89.3 Å². The molecule has 0 aliphatic rings. The molecule has 1 aromatic carbocycles. The highest BCUT2D eigenvalue weighted by atomic mass is 79.9. The van der Waals surface area contributed by atoms with Crippen LogP contribution in [-0.2, 0) is 10.0 Å². The van der Waals surface area contributed by atoms with Gasteiger partial charge in [0.25, 0.3) is 5.91 Å². The standard InChI is InChI=1S/C12H11BrN2O3S2/c1-7-2-5-11(19-7)12(16)15-10-4-3-8(6-9(10)13)20(14,17)18/h2-6H,1H3,(H,15,16)(H2,14,17,18). The van der Waals surface area contributed by atoms with Crippen LogP contribution in [0.2, 0.25) is 0 Å². The number of carbonyl (C=O) groups is 1. The van der Waals surface area contributed by atoms with Crippen LogP contribution in [0.15, 0.2) is 39.7 Å². The number of primary sulfonamides is 1. The van der Waals surface area contributed by atoms with E-state index in [0.717, 1.165) is 4.88 Å². The van der Waals surface area contributed by atoms with Gasteiger partial charge in [-0.25, -0.2) is 13.6 Å². The molecule has 3 N–H and O–H groups in total. The largest absolute Gasteiger partial charge is 0.320 e. The molecule has 1 aromatic heterocycles. The first-order chi connectivity index (χ1) is 9.27. The number of hydrogen-bond acceptors (Lipinski definition) is 4. The van der Waals surface area contributed by atoms with E-state index in [-0.39, 0.29) is 10.8 Å². The minimum Gasteiger partial charge on any atom is -0.320 e. The van der Waals surface area contributed by atoms with E-state index >= 15 is 0 Å². The monoisotopic (exact) mass is 374 g/mol. The molecule has 0 aliphatic heterocycles. The molecule has 2 rings (SSSR count). The number of hydrogen-bond donors (Lipinski definition) is 2. The molecule has 20 heavy (non-hydrogen) atoms. The van der Waals surface area contributed by atoms with Gasteiger partial charge >= 0.3 is 0 Å². The summed E-state index contributed by atoms with van der Waals surface area (Å²) in [4.78, 5) is 13.6. The van der Waals surface area contributed by atoms with Gasteiger partial charge in [-0.05, 0) is 53.2 Å². The third kappa shape index (κ3) is 3.45. The first-order valence-corrected chi connectivity index (χ1v) is 8.63. The smallest absolute Gasteiger partial charge is 0.265 e. The molecule has 0 atom stereocenters. The van der Waals surface area contributed by atoms with Crippen molar-refractivity contribution in [2.24, 2.45) is 5.14 Å². The normalized spacial score (nSPS) is 11.3. The quantitative estimate of drug-likeness (QED) is 0.865. The van der Waals surface area contributed by atoms with E-state index in [2.05, 4.69) is 21.2 Å². The molecular weight excluding hydrogens is 364 g/mol. The molecule has 0 saturated heterocycles. The summed E-state index contributed by atoms with van der Waals surface area (Å²) in [7, 11) is -3.76. The van der Waals surface area contributed by atoms with E-state index in [4.69, 9.17) is 5.14 Å². The zero-order valence-corrected chi connectivity index (χ0v) is 13.6. The Morgan fingerprint density at radius 1 is 1.30 bits per heavy atom. The predicted octanol–water partition coefficient (Wildman–Crippen LogP) is 2.72. The summed E-state index contributed by atoms with van der Waals surface area (Å²) in [6.45, 7) is 1.91. The zero-order chi connectivity index (χ0) is 14.9. The zero-order valence-electron chi connectivity index (χ0n) is 10.4. The van der Waals surface area contributed by atoms with Crippen LogP contribution < -0.4 is 10.5 Å². The number of halogens is 1. The molecule has 0 bridgehead atoms. The van der Waals surface area contributed by atoms with Crippen LogP contribution in [0, 0.1) is 6.92 Å². The molecule has 0 radical (unpaired) electrons. The lowest BCUT2D eigenvalue weighted by atomic mass is 10.3. The minimum atomic E-state index is -3.76. The molecule has 106 valence electrons. The number of anilines is 1. The number of benzene rings is 1. The first-order valence-electron chi connectivity index (χ1n) is 5.47. The third-order valence-corrected chi connectivity index (χ3v) is 5.05. The summed E-state index contributed by atoms with van der Waals surface area (Å²) in [5.74, 6) is -0.243. The van der Waals surface area contributed by atoms with E-state index < -0.39 is 10.0 Å². The SMILES string of the molecule is Cc1ccc(C(=O)Nc2ccc(S(N)(=O)=O)cc2Br)s1. The van der Waals surface area contributed by atoms with Gasteiger partial charge in [0.2, 0.25) is 10.0 Å². The lowest BCUT2D eigenvalue weighted by Crippen LogP contribution is -2.13. The first kappa shape index (κ1) is 15.2. The van der Waals surface area contributed by atoms with E-state index in [1.54, 1.807) is 6.07 Å². The summed E-state index contributed by atoms with van der Waals surface area (Å²) in [5.41, 5.74) is 0.480. The number of amides is 1. The van der Waals surface area contributed by atoms with Gasteiger partial charge in [-0.15, -0.1) is 11.3 Å². The molecule has 1 amide bonds. The lowest BCUT2D eigenvalue weighted by molar-refractivity contribution is 0.103. The van der Waals surface area contributed by atoms with Crippen molar-refractivity contribution in [3.8, 4) is 0 Å². The molecule has 8 heteroatoms. The number of thiophene rings is 1. The number of carbonyl (C=O) groups excluding carboxylic acids is 1. The van der Waals surface area contributed by atoms with Gasteiger partial charge in [-0.1, -0.05) is 0 Å². The Bertz CT molecular complexity index is 769. The van der Waals surface area contributed by atoms with E-state index in [0.29, 0.717) is 15.0 Å². The fraction of sp³-hybridized carbons (Fsp3) is 0.0833. The summed E-state index contributed by atoms with van der Waals surface area (Å²) in [6, 6.07) is 7.78. The van der Waals surface area contributed by atoms with Gasteiger partial charge in [0.1, 0.15) is 0 Å². The van der Waals surface area contributed by atoms with Crippen LogP contribution in [-0.4, -0.2) is 14.3 Å². The van der Waals surface area contributed by atoms with Crippen molar-refractivity contribution in [2.75, 3.05) is 5.32 Å². The number of nitrogens with two attached hydrogens (primary N) is 1. The number of sulfonamides is 1. The Kier molecular flexibility index (Phi) is 4.28.